The normalized spacial score (nSPS) is 20.2. The van der Waals surface area contributed by atoms with Gasteiger partial charge in [0.05, 0.1) is 17.0 Å². The van der Waals surface area contributed by atoms with Crippen LogP contribution in [0.15, 0.2) is 155 Å². The lowest BCUT2D eigenvalue weighted by Gasteiger charge is -2.53. The summed E-state index contributed by atoms with van der Waals surface area (Å²) in [5.41, 5.74) is 24.2. The average Bonchev–Trinajstić information content (AvgIpc) is 3.70. The van der Waals surface area contributed by atoms with Gasteiger partial charge in [-0.3, -0.25) is 0 Å². The van der Waals surface area contributed by atoms with E-state index in [1.165, 1.54) is 80.8 Å². The number of furan rings is 1. The Labute approximate surface area is 424 Å². The molecule has 7 aromatic rings. The SMILES string of the molecule is Cc1ccc2oc3c(c2c1)N(c1ccc(C(C)(C)C)cc1)c1cc(N(c2ccccc2)c2ccccc2)cc2c1B3C1=C(C=C3C(C1)C(C)(C)CCC3(C)C)N2c1cc2c(cc1C)C(C)(C)CCC2(C)C. The van der Waals surface area contributed by atoms with Crippen LogP contribution < -0.4 is 25.8 Å². The third kappa shape index (κ3) is 7.14. The minimum atomic E-state index is -0.0954. The minimum Gasteiger partial charge on any atom is -0.468 e. The van der Waals surface area contributed by atoms with Gasteiger partial charge in [-0.2, -0.15) is 0 Å². The summed E-state index contributed by atoms with van der Waals surface area (Å²) in [6.45, 7) is 31.4. The maximum absolute atomic E-state index is 7.48. The van der Waals surface area contributed by atoms with Crippen molar-refractivity contribution in [3.05, 3.63) is 178 Å². The summed E-state index contributed by atoms with van der Waals surface area (Å²) in [7, 11) is 0. The topological polar surface area (TPSA) is 22.9 Å². The van der Waals surface area contributed by atoms with Gasteiger partial charge < -0.3 is 19.1 Å². The van der Waals surface area contributed by atoms with Gasteiger partial charge in [0.25, 0.3) is 6.71 Å². The number of benzene rings is 6. The minimum absolute atomic E-state index is 0.00971. The van der Waals surface area contributed by atoms with Crippen LogP contribution in [0.25, 0.3) is 11.0 Å². The molecular formula is C66H72BN3O. The van der Waals surface area contributed by atoms with Crippen molar-refractivity contribution >= 4 is 74.3 Å². The Morgan fingerprint density at radius 3 is 1.82 bits per heavy atom. The Hall–Kier alpha value is -6.20. The summed E-state index contributed by atoms with van der Waals surface area (Å²) in [5, 5.41) is 1.16. The number of para-hydroxylation sites is 2. The van der Waals surface area contributed by atoms with Crippen molar-refractivity contribution in [2.45, 2.75) is 138 Å². The Balaban J connectivity index is 1.25. The van der Waals surface area contributed by atoms with Gasteiger partial charge >= 0.3 is 0 Å². The second-order valence-electron chi connectivity index (χ2n) is 25.7. The van der Waals surface area contributed by atoms with E-state index in [0.29, 0.717) is 5.92 Å². The molecule has 5 aliphatic rings. The van der Waals surface area contributed by atoms with E-state index in [0.717, 1.165) is 57.9 Å². The van der Waals surface area contributed by atoms with Crippen LogP contribution in [0.4, 0.5) is 45.5 Å². The van der Waals surface area contributed by atoms with Crippen LogP contribution in [0, 0.1) is 30.6 Å². The molecule has 0 radical (unpaired) electrons. The summed E-state index contributed by atoms with van der Waals surface area (Å²) in [4.78, 5) is 7.79. The molecular weight excluding hydrogens is 862 g/mol. The molecule has 1 unspecified atom stereocenters. The van der Waals surface area contributed by atoms with Crippen LogP contribution >= 0.6 is 0 Å². The zero-order valence-electron chi connectivity index (χ0n) is 44.6. The Bertz CT molecular complexity index is 3320. The fourth-order valence-electron chi connectivity index (χ4n) is 13.5. The van der Waals surface area contributed by atoms with Crippen molar-refractivity contribution in [3.63, 3.8) is 0 Å². The molecule has 12 rings (SSSR count). The van der Waals surface area contributed by atoms with Crippen molar-refractivity contribution in [1.82, 2.24) is 0 Å². The molecule has 2 aliphatic heterocycles. The van der Waals surface area contributed by atoms with Gasteiger partial charge in [0.1, 0.15) is 5.58 Å². The van der Waals surface area contributed by atoms with Crippen molar-refractivity contribution in [2.24, 2.45) is 16.7 Å². The fourth-order valence-corrected chi connectivity index (χ4v) is 13.5. The fraction of sp³-hybridized carbons (Fsp3) is 0.364. The van der Waals surface area contributed by atoms with Crippen LogP contribution in [0.1, 0.15) is 136 Å². The molecule has 3 heterocycles. The molecule has 5 heteroatoms. The first-order valence-corrected chi connectivity index (χ1v) is 26.6. The highest BCUT2D eigenvalue weighted by Gasteiger charge is 2.54. The molecule has 0 saturated heterocycles. The maximum Gasteiger partial charge on any atom is 0.293 e. The third-order valence-corrected chi connectivity index (χ3v) is 18.0. The second kappa shape index (κ2) is 15.7. The van der Waals surface area contributed by atoms with Gasteiger partial charge in [-0.25, -0.2) is 0 Å². The quantitative estimate of drug-likeness (QED) is 0.160. The summed E-state index contributed by atoms with van der Waals surface area (Å²) in [6.07, 6.45) is 8.41. The number of rotatable bonds is 5. The summed E-state index contributed by atoms with van der Waals surface area (Å²) in [6, 6.07) is 48.4. The highest BCUT2D eigenvalue weighted by molar-refractivity contribution is 6.94. The number of aryl methyl sites for hydroxylation is 2. The standard InChI is InChI=1S/C66H72BN3O/c1-41-24-29-58-48(34-41)60-61(71-58)67-53-38-50-52(66(12,13)33-31-64(50,8)9)40-55(53)70(54-39-51-49(35-42(54)2)63(6,7)30-32-65(51,10)11)57-37-47(68(44-20-16-14-17-21-44)45-22-18-15-19-23-45)36-56(59(57)67)69(60)46-27-25-43(26-28-46)62(3,4)5/h14-29,34-37,39-40,50H,30-33,38H2,1-13H3. The molecule has 1 saturated carbocycles. The van der Waals surface area contributed by atoms with E-state index < -0.39 is 0 Å². The highest BCUT2D eigenvalue weighted by Crippen LogP contribution is 2.60. The Morgan fingerprint density at radius 1 is 0.606 bits per heavy atom. The van der Waals surface area contributed by atoms with E-state index in [4.69, 9.17) is 4.42 Å². The lowest BCUT2D eigenvalue weighted by atomic mass is 9.32. The molecule has 1 aromatic heterocycles. The van der Waals surface area contributed by atoms with Gasteiger partial charge in [-0.05, 0) is 179 Å². The van der Waals surface area contributed by atoms with Crippen molar-refractivity contribution in [3.8, 4) is 0 Å². The molecule has 4 nitrogen and oxygen atoms in total. The van der Waals surface area contributed by atoms with Crippen LogP contribution in [-0.4, -0.2) is 6.71 Å². The third-order valence-electron chi connectivity index (χ3n) is 18.0. The van der Waals surface area contributed by atoms with Crippen LogP contribution in [0.3, 0.4) is 0 Å². The molecule has 0 amide bonds. The van der Waals surface area contributed by atoms with Crippen LogP contribution in [0.2, 0.25) is 0 Å². The average molecular weight is 934 g/mol. The number of hydrogen-bond acceptors (Lipinski definition) is 4. The first-order chi connectivity index (χ1) is 33.6. The monoisotopic (exact) mass is 934 g/mol. The predicted molar refractivity (Wildman–Crippen MR) is 303 cm³/mol. The summed E-state index contributed by atoms with van der Waals surface area (Å²) in [5.74, 6) is 0.408. The molecule has 1 atom stereocenters. The molecule has 71 heavy (non-hydrogen) atoms. The first-order valence-electron chi connectivity index (χ1n) is 26.6. The maximum atomic E-state index is 7.48. The molecule has 0 spiro atoms. The van der Waals surface area contributed by atoms with Crippen molar-refractivity contribution in [1.29, 1.82) is 0 Å². The van der Waals surface area contributed by atoms with E-state index >= 15 is 0 Å². The highest BCUT2D eigenvalue weighted by atomic mass is 16.3. The molecule has 3 aliphatic carbocycles. The summed E-state index contributed by atoms with van der Waals surface area (Å²) >= 11 is 0. The van der Waals surface area contributed by atoms with E-state index in [9.17, 15) is 0 Å². The zero-order valence-corrected chi connectivity index (χ0v) is 44.6. The van der Waals surface area contributed by atoms with Gasteiger partial charge in [0.2, 0.25) is 0 Å². The number of allylic oxidation sites excluding steroid dienone is 3. The lowest BCUT2D eigenvalue weighted by Crippen LogP contribution is -2.57. The van der Waals surface area contributed by atoms with E-state index in [1.54, 1.807) is 5.57 Å². The van der Waals surface area contributed by atoms with Crippen molar-refractivity contribution < 1.29 is 4.42 Å². The largest absolute Gasteiger partial charge is 0.468 e. The lowest BCUT2D eigenvalue weighted by molar-refractivity contribution is 0.122. The van der Waals surface area contributed by atoms with Gasteiger partial charge in [-0.1, -0.05) is 153 Å². The molecule has 0 N–H and O–H groups in total. The van der Waals surface area contributed by atoms with Crippen molar-refractivity contribution in [2.75, 3.05) is 14.7 Å². The molecule has 1 fully saturated rings. The van der Waals surface area contributed by atoms with Crippen LogP contribution in [0.5, 0.6) is 0 Å². The predicted octanol–water partition coefficient (Wildman–Crippen LogP) is 17.3. The molecule has 6 aromatic carbocycles. The first kappa shape index (κ1) is 45.9. The number of fused-ring (bicyclic) bond motifs is 7. The van der Waals surface area contributed by atoms with E-state index in [2.05, 4.69) is 238 Å². The molecule has 0 bridgehead atoms. The van der Waals surface area contributed by atoms with Gasteiger partial charge in [-0.15, -0.1) is 0 Å². The van der Waals surface area contributed by atoms with E-state index in [-0.39, 0.29) is 33.8 Å². The zero-order chi connectivity index (χ0) is 49.7. The van der Waals surface area contributed by atoms with E-state index in [1.807, 2.05) is 0 Å². The summed E-state index contributed by atoms with van der Waals surface area (Å²) < 4.78 is 7.48. The van der Waals surface area contributed by atoms with Gasteiger partial charge in [0, 0.05) is 45.2 Å². The Kier molecular flexibility index (Phi) is 10.1. The smallest absolute Gasteiger partial charge is 0.293 e. The Morgan fingerprint density at radius 2 is 1.20 bits per heavy atom. The second-order valence-corrected chi connectivity index (χ2v) is 25.7. The van der Waals surface area contributed by atoms with Crippen LogP contribution in [-0.2, 0) is 16.2 Å². The molecule has 360 valence electrons. The number of hydrogen-bond donors (Lipinski definition) is 0. The number of nitrogens with zero attached hydrogens (tertiary/aromatic N) is 3. The number of anilines is 8. The van der Waals surface area contributed by atoms with Gasteiger partial charge in [0.15, 0.2) is 0 Å².